The van der Waals surface area contributed by atoms with E-state index in [0.29, 0.717) is 0 Å². The Labute approximate surface area is 106 Å². The van der Waals surface area contributed by atoms with Gasteiger partial charge in [-0.05, 0) is 12.1 Å². The zero-order valence-corrected chi connectivity index (χ0v) is 12.4. The average molecular weight is 240 g/mol. The second-order valence-electron chi connectivity index (χ2n) is 6.24. The maximum atomic E-state index is 3.38. The predicted molar refractivity (Wildman–Crippen MR) is 77.5 cm³/mol. The molecular weight excluding hydrogens is 220 g/mol. The van der Waals surface area contributed by atoms with Crippen LogP contribution in [-0.2, 0) is 0 Å². The number of hydrogen-bond acceptors (Lipinski definition) is 0. The van der Waals surface area contributed by atoms with Gasteiger partial charge in [-0.25, -0.2) is 0 Å². The van der Waals surface area contributed by atoms with Gasteiger partial charge in [-0.15, -0.1) is 0 Å². The van der Waals surface area contributed by atoms with Crippen molar-refractivity contribution in [1.29, 1.82) is 0 Å². The van der Waals surface area contributed by atoms with E-state index in [4.69, 9.17) is 0 Å². The summed E-state index contributed by atoms with van der Waals surface area (Å²) in [6, 6.07) is 10.2. The van der Waals surface area contributed by atoms with E-state index in [-0.39, 0.29) is 5.41 Å². The molecule has 17 heavy (non-hydrogen) atoms. The van der Waals surface area contributed by atoms with E-state index in [9.17, 15) is 0 Å². The summed E-state index contributed by atoms with van der Waals surface area (Å²) in [6.07, 6.45) is 0. The molecule has 0 amide bonds. The molecule has 0 N–H and O–H groups in total. The lowest BCUT2D eigenvalue weighted by atomic mass is 10.1. The van der Waals surface area contributed by atoms with Crippen molar-refractivity contribution in [2.24, 2.45) is 5.41 Å². The van der Waals surface area contributed by atoms with E-state index in [1.807, 2.05) is 18.2 Å². The monoisotopic (exact) mass is 240 g/mol. The third kappa shape index (κ3) is 2.37. The summed E-state index contributed by atoms with van der Waals surface area (Å²) in [5, 5.41) is 1.65. The van der Waals surface area contributed by atoms with Crippen LogP contribution in [-0.4, -0.2) is 8.07 Å². The lowest BCUT2D eigenvalue weighted by Crippen LogP contribution is -2.22. The Morgan fingerprint density at radius 2 is 1.53 bits per heavy atom. The summed E-state index contributed by atoms with van der Waals surface area (Å²) in [4.78, 5) is 0. The molecule has 0 radical (unpaired) electrons. The highest BCUT2D eigenvalue weighted by Crippen LogP contribution is 2.55. The normalized spacial score (nSPS) is 17.5. The molecular formula is C16H20Si. The molecule has 0 aliphatic heterocycles. The predicted octanol–water partition coefficient (Wildman–Crippen LogP) is 4.25. The Bertz CT molecular complexity index is 516. The third-order valence-electron chi connectivity index (χ3n) is 3.29. The maximum absolute atomic E-state index is 3.38. The SMILES string of the molecule is CC1(C)C(C#Cc2ccccc2)=C1[Si](C)(C)C. The molecule has 0 saturated carbocycles. The van der Waals surface area contributed by atoms with Crippen molar-refractivity contribution in [1.82, 2.24) is 0 Å². The lowest BCUT2D eigenvalue weighted by Gasteiger charge is -2.15. The van der Waals surface area contributed by atoms with Crippen molar-refractivity contribution in [2.45, 2.75) is 33.5 Å². The van der Waals surface area contributed by atoms with Crippen LogP contribution in [0.4, 0.5) is 0 Å². The van der Waals surface area contributed by atoms with Gasteiger partial charge in [0.1, 0.15) is 0 Å². The van der Waals surface area contributed by atoms with Gasteiger partial charge < -0.3 is 0 Å². The van der Waals surface area contributed by atoms with E-state index in [2.05, 4.69) is 57.5 Å². The topological polar surface area (TPSA) is 0 Å². The number of hydrogen-bond donors (Lipinski definition) is 0. The molecule has 0 fully saturated rings. The van der Waals surface area contributed by atoms with Crippen molar-refractivity contribution in [3.8, 4) is 11.8 Å². The standard InChI is InChI=1S/C16H20Si/c1-16(2)14(15(16)17(3,4)5)12-11-13-9-7-6-8-10-13/h6-10H,1-5H3. The maximum Gasteiger partial charge on any atom is 0.0748 e. The van der Waals surface area contributed by atoms with Crippen molar-refractivity contribution in [3.05, 3.63) is 46.7 Å². The highest BCUT2D eigenvalue weighted by molar-refractivity contribution is 6.84. The first-order valence-corrected chi connectivity index (χ1v) is 9.66. The fourth-order valence-electron chi connectivity index (χ4n) is 2.66. The molecule has 0 aromatic heterocycles. The molecule has 88 valence electrons. The van der Waals surface area contributed by atoms with Crippen molar-refractivity contribution < 1.29 is 0 Å². The molecule has 1 aliphatic rings. The van der Waals surface area contributed by atoms with E-state index in [1.54, 1.807) is 5.20 Å². The van der Waals surface area contributed by atoms with Crippen LogP contribution in [0, 0.1) is 17.3 Å². The van der Waals surface area contributed by atoms with Crippen LogP contribution in [0.3, 0.4) is 0 Å². The first kappa shape index (κ1) is 12.2. The Morgan fingerprint density at radius 1 is 0.941 bits per heavy atom. The summed E-state index contributed by atoms with van der Waals surface area (Å²) in [5.74, 6) is 6.66. The summed E-state index contributed by atoms with van der Waals surface area (Å²) < 4.78 is 0. The van der Waals surface area contributed by atoms with E-state index < -0.39 is 8.07 Å². The molecule has 0 heterocycles. The Hall–Kier alpha value is -1.26. The molecule has 0 saturated heterocycles. The average Bonchev–Trinajstić information content (AvgIpc) is 2.79. The minimum Gasteiger partial charge on any atom is -0.0659 e. The molecule has 1 aromatic carbocycles. The second-order valence-corrected chi connectivity index (χ2v) is 11.2. The van der Waals surface area contributed by atoms with Gasteiger partial charge in [0.05, 0.1) is 8.07 Å². The summed E-state index contributed by atoms with van der Waals surface area (Å²) in [6.45, 7) is 11.8. The van der Waals surface area contributed by atoms with E-state index in [0.717, 1.165) is 5.56 Å². The van der Waals surface area contributed by atoms with E-state index >= 15 is 0 Å². The first-order valence-electron chi connectivity index (χ1n) is 6.16. The number of rotatable bonds is 1. The smallest absolute Gasteiger partial charge is 0.0659 e. The lowest BCUT2D eigenvalue weighted by molar-refractivity contribution is 0.702. The first-order chi connectivity index (χ1) is 7.83. The van der Waals surface area contributed by atoms with Crippen molar-refractivity contribution >= 4 is 8.07 Å². The fraction of sp³-hybridized carbons (Fsp3) is 0.375. The number of benzene rings is 1. The van der Waals surface area contributed by atoms with Gasteiger partial charge in [0.15, 0.2) is 0 Å². The summed E-state index contributed by atoms with van der Waals surface area (Å²) >= 11 is 0. The van der Waals surface area contributed by atoms with Gasteiger partial charge in [-0.1, -0.05) is 68.7 Å². The van der Waals surface area contributed by atoms with Crippen molar-refractivity contribution in [3.63, 3.8) is 0 Å². The Kier molecular flexibility index (Phi) is 2.79. The molecule has 0 unspecified atom stereocenters. The molecule has 0 atom stereocenters. The molecule has 0 bridgehead atoms. The van der Waals surface area contributed by atoms with Gasteiger partial charge in [-0.2, -0.15) is 0 Å². The van der Waals surface area contributed by atoms with Crippen LogP contribution < -0.4 is 0 Å². The highest BCUT2D eigenvalue weighted by atomic mass is 28.3. The minimum absolute atomic E-state index is 0.270. The van der Waals surface area contributed by atoms with Gasteiger partial charge in [0.25, 0.3) is 0 Å². The van der Waals surface area contributed by atoms with Crippen LogP contribution >= 0.6 is 0 Å². The molecule has 0 nitrogen and oxygen atoms in total. The van der Waals surface area contributed by atoms with Crippen LogP contribution in [0.5, 0.6) is 0 Å². The zero-order valence-electron chi connectivity index (χ0n) is 11.4. The number of allylic oxidation sites excluding steroid dienone is 2. The molecule has 2 rings (SSSR count). The van der Waals surface area contributed by atoms with Crippen LogP contribution in [0.25, 0.3) is 0 Å². The molecule has 1 aromatic rings. The fourth-order valence-corrected chi connectivity index (χ4v) is 5.72. The zero-order chi connectivity index (χ0) is 12.7. The Balaban J connectivity index is 2.27. The molecule has 1 aliphatic carbocycles. The second kappa shape index (κ2) is 3.89. The van der Waals surface area contributed by atoms with E-state index in [1.165, 1.54) is 5.57 Å². The molecule has 1 heteroatoms. The quantitative estimate of drug-likeness (QED) is 0.508. The van der Waals surface area contributed by atoms with Gasteiger partial charge >= 0.3 is 0 Å². The summed E-state index contributed by atoms with van der Waals surface area (Å²) in [5.41, 5.74) is 2.77. The van der Waals surface area contributed by atoms with Crippen LogP contribution in [0.15, 0.2) is 41.1 Å². The van der Waals surface area contributed by atoms with Gasteiger partial charge in [0, 0.05) is 16.6 Å². The largest absolute Gasteiger partial charge is 0.0748 e. The summed E-state index contributed by atoms with van der Waals surface area (Å²) in [7, 11) is -1.18. The van der Waals surface area contributed by atoms with Crippen LogP contribution in [0.1, 0.15) is 19.4 Å². The van der Waals surface area contributed by atoms with Gasteiger partial charge in [-0.3, -0.25) is 0 Å². The third-order valence-corrected chi connectivity index (χ3v) is 5.67. The Morgan fingerprint density at radius 3 is 2.00 bits per heavy atom. The highest BCUT2D eigenvalue weighted by Gasteiger charge is 2.49. The van der Waals surface area contributed by atoms with Crippen molar-refractivity contribution in [2.75, 3.05) is 0 Å². The van der Waals surface area contributed by atoms with Crippen LogP contribution in [0.2, 0.25) is 19.6 Å². The van der Waals surface area contributed by atoms with Gasteiger partial charge in [0.2, 0.25) is 0 Å². The molecule has 0 spiro atoms. The minimum atomic E-state index is -1.18.